The molecule has 0 spiro atoms. The molecule has 2 aromatic rings. The summed E-state index contributed by atoms with van der Waals surface area (Å²) in [6.07, 6.45) is 1.46. The molecule has 1 radical (unpaired) electrons. The highest BCUT2D eigenvalue weighted by Crippen LogP contribution is 2.26. The fraction of sp³-hybridized carbons (Fsp3) is 0.118. The van der Waals surface area contributed by atoms with E-state index in [2.05, 4.69) is 0 Å². The van der Waals surface area contributed by atoms with E-state index in [-0.39, 0.29) is 11.8 Å². The van der Waals surface area contributed by atoms with Crippen LogP contribution in [0, 0.1) is 6.42 Å². The zero-order chi connectivity index (χ0) is 14.8. The van der Waals surface area contributed by atoms with Gasteiger partial charge in [0.15, 0.2) is 0 Å². The lowest BCUT2D eigenvalue weighted by atomic mass is 10.2. The Bertz CT molecular complexity index is 655. The van der Waals surface area contributed by atoms with Gasteiger partial charge in [0.1, 0.15) is 6.04 Å². The van der Waals surface area contributed by atoms with Gasteiger partial charge in [-0.1, -0.05) is 36.4 Å². The predicted octanol–water partition coefficient (Wildman–Crippen LogP) is 2.27. The lowest BCUT2D eigenvalue weighted by Gasteiger charge is -2.24. The molecule has 2 aromatic carbocycles. The highest BCUT2D eigenvalue weighted by atomic mass is 16.2. The van der Waals surface area contributed by atoms with E-state index in [0.29, 0.717) is 5.69 Å². The first-order valence-electron chi connectivity index (χ1n) is 6.74. The van der Waals surface area contributed by atoms with Crippen molar-refractivity contribution in [1.82, 2.24) is 0 Å². The number of nitrogens with zero attached hydrogens (tertiary/aromatic N) is 2. The van der Waals surface area contributed by atoms with Crippen molar-refractivity contribution in [3.05, 3.63) is 67.1 Å². The van der Waals surface area contributed by atoms with Gasteiger partial charge in [-0.05, 0) is 24.3 Å². The van der Waals surface area contributed by atoms with Gasteiger partial charge in [0.05, 0.1) is 12.1 Å². The van der Waals surface area contributed by atoms with Crippen molar-refractivity contribution in [2.45, 2.75) is 6.04 Å². The van der Waals surface area contributed by atoms with Crippen molar-refractivity contribution in [2.24, 2.45) is 0 Å². The van der Waals surface area contributed by atoms with Crippen molar-refractivity contribution in [1.29, 1.82) is 0 Å². The van der Waals surface area contributed by atoms with Crippen molar-refractivity contribution in [2.75, 3.05) is 16.8 Å². The maximum absolute atomic E-state index is 12.6. The van der Waals surface area contributed by atoms with Gasteiger partial charge >= 0.3 is 0 Å². The van der Waals surface area contributed by atoms with Gasteiger partial charge < -0.3 is 4.90 Å². The molecule has 4 nitrogen and oxygen atoms in total. The molecular formula is C17H15N2O2. The first kappa shape index (κ1) is 13.4. The summed E-state index contributed by atoms with van der Waals surface area (Å²) in [4.78, 5) is 27.8. The van der Waals surface area contributed by atoms with E-state index < -0.39 is 6.04 Å². The molecule has 3 rings (SSSR count). The number of hydrogen-bond acceptors (Lipinski definition) is 3. The Kier molecular flexibility index (Phi) is 3.44. The molecule has 1 fully saturated rings. The highest BCUT2D eigenvalue weighted by Gasteiger charge is 2.42. The van der Waals surface area contributed by atoms with Crippen LogP contribution in [-0.2, 0) is 9.59 Å². The molecule has 4 heteroatoms. The molecule has 1 heterocycles. The number of carbonyl (C=O) groups is 2. The van der Waals surface area contributed by atoms with Crippen LogP contribution in [0.5, 0.6) is 0 Å². The van der Waals surface area contributed by atoms with Crippen LogP contribution < -0.4 is 9.80 Å². The van der Waals surface area contributed by atoms with E-state index in [0.717, 1.165) is 5.69 Å². The average molecular weight is 279 g/mol. The van der Waals surface area contributed by atoms with Gasteiger partial charge in [-0.25, -0.2) is 4.90 Å². The van der Waals surface area contributed by atoms with E-state index >= 15 is 0 Å². The number of para-hydroxylation sites is 2. The molecular weight excluding hydrogens is 264 g/mol. The van der Waals surface area contributed by atoms with E-state index in [1.165, 1.54) is 11.3 Å². The SMILES string of the molecule is CN(c1ccccc1)C1[CH]C(=O)N(c2ccccc2)C1=O. The van der Waals surface area contributed by atoms with E-state index in [9.17, 15) is 9.59 Å². The van der Waals surface area contributed by atoms with Crippen molar-refractivity contribution in [3.63, 3.8) is 0 Å². The molecule has 1 saturated heterocycles. The summed E-state index contributed by atoms with van der Waals surface area (Å²) in [6, 6.07) is 18.0. The van der Waals surface area contributed by atoms with Gasteiger partial charge in [0, 0.05) is 12.7 Å². The van der Waals surface area contributed by atoms with Crippen LogP contribution in [0.4, 0.5) is 11.4 Å². The number of rotatable bonds is 3. The van der Waals surface area contributed by atoms with Crippen LogP contribution in [0.15, 0.2) is 60.7 Å². The number of anilines is 2. The van der Waals surface area contributed by atoms with Crippen LogP contribution in [0.2, 0.25) is 0 Å². The van der Waals surface area contributed by atoms with E-state index in [1.54, 1.807) is 12.1 Å². The molecule has 1 aliphatic rings. The molecule has 0 saturated carbocycles. The van der Waals surface area contributed by atoms with Gasteiger partial charge in [-0.2, -0.15) is 0 Å². The van der Waals surface area contributed by atoms with Crippen LogP contribution in [0.25, 0.3) is 0 Å². The number of benzene rings is 2. The average Bonchev–Trinajstić information content (AvgIpc) is 2.83. The van der Waals surface area contributed by atoms with Crippen molar-refractivity contribution >= 4 is 23.2 Å². The first-order chi connectivity index (χ1) is 10.2. The standard InChI is InChI=1S/C17H15N2O2/c1-18(13-8-4-2-5-9-13)15-12-16(20)19(17(15)21)14-10-6-3-7-11-14/h2-12,15H,1H3. The van der Waals surface area contributed by atoms with Crippen LogP contribution >= 0.6 is 0 Å². The third-order valence-electron chi connectivity index (χ3n) is 3.59. The Hall–Kier alpha value is -2.62. The summed E-state index contributed by atoms with van der Waals surface area (Å²) >= 11 is 0. The Morgan fingerprint density at radius 2 is 1.48 bits per heavy atom. The normalized spacial score (nSPS) is 18.1. The van der Waals surface area contributed by atoms with Crippen LogP contribution in [0.3, 0.4) is 0 Å². The largest absolute Gasteiger partial charge is 0.362 e. The molecule has 105 valence electrons. The zero-order valence-electron chi connectivity index (χ0n) is 11.6. The quantitative estimate of drug-likeness (QED) is 0.809. The summed E-state index contributed by atoms with van der Waals surface area (Å²) < 4.78 is 0. The van der Waals surface area contributed by atoms with Gasteiger partial charge in [-0.3, -0.25) is 9.59 Å². The first-order valence-corrected chi connectivity index (χ1v) is 6.74. The minimum absolute atomic E-state index is 0.224. The third kappa shape index (κ3) is 2.40. The van der Waals surface area contributed by atoms with Crippen molar-refractivity contribution < 1.29 is 9.59 Å². The highest BCUT2D eigenvalue weighted by molar-refractivity contribution is 6.27. The molecule has 1 unspecified atom stereocenters. The molecule has 21 heavy (non-hydrogen) atoms. The van der Waals surface area contributed by atoms with Gasteiger partial charge in [0.25, 0.3) is 5.91 Å². The summed E-state index contributed by atoms with van der Waals surface area (Å²) in [5.41, 5.74) is 1.50. The Morgan fingerprint density at radius 1 is 0.905 bits per heavy atom. The molecule has 0 bridgehead atoms. The Balaban J connectivity index is 1.87. The van der Waals surface area contributed by atoms with Crippen LogP contribution in [-0.4, -0.2) is 24.9 Å². The number of amides is 2. The lowest BCUT2D eigenvalue weighted by Crippen LogP contribution is -2.40. The number of likely N-dealkylation sites (N-methyl/N-ethyl adjacent to an activating group) is 1. The number of hydrogen-bond donors (Lipinski definition) is 0. The monoisotopic (exact) mass is 279 g/mol. The van der Waals surface area contributed by atoms with E-state index in [4.69, 9.17) is 0 Å². The second-order valence-corrected chi connectivity index (χ2v) is 4.91. The third-order valence-corrected chi connectivity index (χ3v) is 3.59. The summed E-state index contributed by atoms with van der Waals surface area (Å²) in [6.45, 7) is 0. The molecule has 1 aliphatic heterocycles. The second-order valence-electron chi connectivity index (χ2n) is 4.91. The van der Waals surface area contributed by atoms with Gasteiger partial charge in [-0.15, -0.1) is 0 Å². The minimum atomic E-state index is -0.569. The summed E-state index contributed by atoms with van der Waals surface area (Å²) in [7, 11) is 1.82. The maximum atomic E-state index is 12.6. The fourth-order valence-electron chi connectivity index (χ4n) is 2.45. The fourth-order valence-corrected chi connectivity index (χ4v) is 2.45. The summed E-state index contributed by atoms with van der Waals surface area (Å²) in [5, 5.41) is 0. The Morgan fingerprint density at radius 3 is 2.10 bits per heavy atom. The Labute approximate surface area is 123 Å². The minimum Gasteiger partial charge on any atom is -0.362 e. The predicted molar refractivity (Wildman–Crippen MR) is 81.9 cm³/mol. The summed E-state index contributed by atoms with van der Waals surface area (Å²) in [5.74, 6) is -0.503. The molecule has 0 aromatic heterocycles. The number of carbonyl (C=O) groups excluding carboxylic acids is 2. The second kappa shape index (κ2) is 5.40. The van der Waals surface area contributed by atoms with E-state index in [1.807, 2.05) is 60.5 Å². The molecule has 1 atom stereocenters. The van der Waals surface area contributed by atoms with Crippen LogP contribution in [0.1, 0.15) is 0 Å². The lowest BCUT2D eigenvalue weighted by molar-refractivity contribution is -0.121. The maximum Gasteiger partial charge on any atom is 0.257 e. The molecule has 0 N–H and O–H groups in total. The molecule has 2 amide bonds. The molecule has 0 aliphatic carbocycles. The smallest absolute Gasteiger partial charge is 0.257 e. The van der Waals surface area contributed by atoms with Gasteiger partial charge in [0.2, 0.25) is 5.91 Å². The number of imide groups is 1. The zero-order valence-corrected chi connectivity index (χ0v) is 11.6. The topological polar surface area (TPSA) is 40.6 Å². The van der Waals surface area contributed by atoms with Crippen molar-refractivity contribution in [3.8, 4) is 0 Å².